The second-order valence-corrected chi connectivity index (χ2v) is 18.5. The van der Waals surface area contributed by atoms with Crippen molar-refractivity contribution >= 4 is 43.6 Å². The summed E-state index contributed by atoms with van der Waals surface area (Å²) in [7, 11) is 0. The quantitative estimate of drug-likeness (QED) is 0.157. The smallest absolute Gasteiger partial charge is 0.135 e. The van der Waals surface area contributed by atoms with E-state index in [1.165, 1.54) is 93.7 Å². The third kappa shape index (κ3) is 5.64. The van der Waals surface area contributed by atoms with Crippen LogP contribution >= 0.6 is 0 Å². The Morgan fingerprint density at radius 2 is 1.05 bits per heavy atom. The first-order chi connectivity index (χ1) is 30.3. The minimum Gasteiger partial charge on any atom is -0.486 e. The maximum absolute atomic E-state index is 7.49. The Kier molecular flexibility index (Phi) is 8.25. The first-order valence-corrected chi connectivity index (χ1v) is 22.5. The maximum Gasteiger partial charge on any atom is 0.135 e. The summed E-state index contributed by atoms with van der Waals surface area (Å²) in [5.41, 5.74) is 18.0. The van der Waals surface area contributed by atoms with Gasteiger partial charge in [-0.1, -0.05) is 142 Å². The minimum absolute atomic E-state index is 0.0607. The van der Waals surface area contributed by atoms with Gasteiger partial charge in [-0.2, -0.15) is 0 Å². The molecule has 2 atom stereocenters. The first-order valence-electron chi connectivity index (χ1n) is 22.5. The van der Waals surface area contributed by atoms with Gasteiger partial charge in [0.1, 0.15) is 11.4 Å². The molecule has 62 heavy (non-hydrogen) atoms. The van der Waals surface area contributed by atoms with Crippen LogP contribution in [-0.2, 0) is 18.3 Å². The number of hydrogen-bond donors (Lipinski definition) is 0. The number of rotatable bonds is 7. The monoisotopic (exact) mass is 802 g/mol. The number of benzene rings is 8. The Labute approximate surface area is 363 Å². The number of hydrogen-bond acceptors (Lipinski definition) is 1. The van der Waals surface area contributed by atoms with E-state index in [2.05, 4.69) is 207 Å². The average Bonchev–Trinajstić information content (AvgIpc) is 3.81. The van der Waals surface area contributed by atoms with Gasteiger partial charge in [0.25, 0.3) is 0 Å². The number of nitrogens with zero attached hydrogens (tertiary/aromatic N) is 2. The van der Waals surface area contributed by atoms with Crippen LogP contribution in [0.2, 0.25) is 0 Å². The number of ether oxygens (including phenoxy) is 1. The van der Waals surface area contributed by atoms with E-state index >= 15 is 0 Å². The van der Waals surface area contributed by atoms with Gasteiger partial charge in [0, 0.05) is 56.9 Å². The molecule has 0 N–H and O–H groups in total. The molecule has 0 saturated heterocycles. The van der Waals surface area contributed by atoms with Crippen LogP contribution in [0.3, 0.4) is 0 Å². The van der Waals surface area contributed by atoms with Crippen LogP contribution in [0.15, 0.2) is 170 Å². The van der Waals surface area contributed by atoms with Crippen molar-refractivity contribution in [3.63, 3.8) is 0 Å². The molecule has 0 aliphatic carbocycles. The third-order valence-corrected chi connectivity index (χ3v) is 14.4. The lowest BCUT2D eigenvalue weighted by atomic mass is 9.74. The molecule has 0 spiro atoms. The van der Waals surface area contributed by atoms with Gasteiger partial charge < -0.3 is 13.9 Å². The van der Waals surface area contributed by atoms with Crippen molar-refractivity contribution in [3.8, 4) is 50.5 Å². The van der Waals surface area contributed by atoms with Crippen LogP contribution in [0.25, 0.3) is 88.4 Å². The van der Waals surface area contributed by atoms with Gasteiger partial charge in [0.15, 0.2) is 0 Å². The lowest BCUT2D eigenvalue weighted by molar-refractivity contribution is 0.0896. The van der Waals surface area contributed by atoms with Crippen LogP contribution < -0.4 is 4.74 Å². The summed E-state index contributed by atoms with van der Waals surface area (Å²) in [6, 6.07) is 64.0. The van der Waals surface area contributed by atoms with Crippen LogP contribution in [0.1, 0.15) is 63.6 Å². The zero-order chi connectivity index (χ0) is 41.7. The molecule has 2 unspecified atom stereocenters. The van der Waals surface area contributed by atoms with Crippen molar-refractivity contribution in [2.45, 2.75) is 70.8 Å². The van der Waals surface area contributed by atoms with Gasteiger partial charge in [-0.3, -0.25) is 0 Å². The molecule has 6 bridgehead atoms. The summed E-state index contributed by atoms with van der Waals surface area (Å²) in [4.78, 5) is 0. The molecule has 0 radical (unpaired) electrons. The summed E-state index contributed by atoms with van der Waals surface area (Å²) in [6.07, 6.45) is 4.96. The average molecular weight is 803 g/mol. The van der Waals surface area contributed by atoms with Crippen LogP contribution in [0.5, 0.6) is 5.75 Å². The van der Waals surface area contributed by atoms with Gasteiger partial charge in [0.2, 0.25) is 0 Å². The molecule has 4 heterocycles. The van der Waals surface area contributed by atoms with Crippen LogP contribution in [0.4, 0.5) is 0 Å². The van der Waals surface area contributed by atoms with E-state index in [1.54, 1.807) is 0 Å². The molecule has 302 valence electrons. The first kappa shape index (κ1) is 37.0. The molecule has 8 aromatic carbocycles. The summed E-state index contributed by atoms with van der Waals surface area (Å²) >= 11 is 0. The molecule has 2 aromatic heterocycles. The van der Waals surface area contributed by atoms with Gasteiger partial charge in [-0.05, 0) is 119 Å². The number of para-hydroxylation sites is 4. The number of fused-ring (bicyclic) bond motifs is 13. The molecule has 3 nitrogen and oxygen atoms in total. The largest absolute Gasteiger partial charge is 0.486 e. The fourth-order valence-electron chi connectivity index (χ4n) is 11.3. The van der Waals surface area contributed by atoms with Crippen LogP contribution in [-0.4, -0.2) is 14.7 Å². The molecule has 3 heteroatoms. The van der Waals surface area contributed by atoms with Crippen molar-refractivity contribution < 1.29 is 4.74 Å². The fraction of sp³-hybridized carbons (Fsp3) is 0.186. The SMILES string of the molecule is CCCC(C)(CC)c1cc2c3c(c1)-c1ccc(-c4cc(-n5c6ccccc6c6ccccc65)cc(-n5c6ccccc6c6ccccc65)c4)c(c1)CC(C)(Cc1cccc-2c1)O3. The fourth-order valence-corrected chi connectivity index (χ4v) is 11.3. The van der Waals surface area contributed by atoms with E-state index in [9.17, 15) is 0 Å². The highest BCUT2D eigenvalue weighted by atomic mass is 16.5. The summed E-state index contributed by atoms with van der Waals surface area (Å²) < 4.78 is 12.4. The molecular formula is C59H50N2O. The predicted octanol–water partition coefficient (Wildman–Crippen LogP) is 15.6. The maximum atomic E-state index is 7.49. The second-order valence-electron chi connectivity index (χ2n) is 18.5. The molecule has 0 amide bonds. The van der Waals surface area contributed by atoms with E-state index in [0.29, 0.717) is 0 Å². The molecule has 10 aromatic rings. The Bertz CT molecular complexity index is 3200. The summed E-state index contributed by atoms with van der Waals surface area (Å²) in [5.74, 6) is 1.02. The molecule has 0 fully saturated rings. The highest BCUT2D eigenvalue weighted by Crippen LogP contribution is 2.50. The molecule has 0 saturated carbocycles. The van der Waals surface area contributed by atoms with E-state index in [1.807, 2.05) is 0 Å². The zero-order valence-electron chi connectivity index (χ0n) is 36.0. The molecule has 2 aliphatic heterocycles. The van der Waals surface area contributed by atoms with Crippen molar-refractivity contribution in [1.82, 2.24) is 9.13 Å². The van der Waals surface area contributed by atoms with E-state index in [4.69, 9.17) is 4.74 Å². The van der Waals surface area contributed by atoms with Crippen molar-refractivity contribution in [1.29, 1.82) is 0 Å². The zero-order valence-corrected chi connectivity index (χ0v) is 36.0. The predicted molar refractivity (Wildman–Crippen MR) is 260 cm³/mol. The normalized spacial score (nSPS) is 16.5. The Morgan fingerprint density at radius 3 is 1.58 bits per heavy atom. The topological polar surface area (TPSA) is 19.1 Å². The third-order valence-electron chi connectivity index (χ3n) is 14.4. The Balaban J connectivity index is 1.14. The molecule has 2 aliphatic rings. The van der Waals surface area contributed by atoms with Gasteiger partial charge in [-0.15, -0.1) is 0 Å². The summed E-state index contributed by atoms with van der Waals surface area (Å²) in [5, 5.41) is 5.03. The van der Waals surface area contributed by atoms with Gasteiger partial charge in [0.05, 0.1) is 22.1 Å². The Morgan fingerprint density at radius 1 is 0.516 bits per heavy atom. The van der Waals surface area contributed by atoms with Crippen molar-refractivity contribution in [2.75, 3.05) is 0 Å². The second kappa shape index (κ2) is 13.8. The van der Waals surface area contributed by atoms with E-state index in [-0.39, 0.29) is 5.41 Å². The highest BCUT2D eigenvalue weighted by Gasteiger charge is 2.36. The summed E-state index contributed by atoms with van der Waals surface area (Å²) in [6.45, 7) is 9.44. The Hall–Kier alpha value is -6.84. The van der Waals surface area contributed by atoms with Gasteiger partial charge >= 0.3 is 0 Å². The van der Waals surface area contributed by atoms with Crippen molar-refractivity contribution in [2.24, 2.45) is 0 Å². The lowest BCUT2D eigenvalue weighted by Gasteiger charge is -2.38. The lowest BCUT2D eigenvalue weighted by Crippen LogP contribution is -2.39. The van der Waals surface area contributed by atoms with E-state index < -0.39 is 5.60 Å². The van der Waals surface area contributed by atoms with Crippen molar-refractivity contribution in [3.05, 3.63) is 187 Å². The minimum atomic E-state index is -0.477. The molecular weight excluding hydrogens is 753 g/mol. The van der Waals surface area contributed by atoms with Gasteiger partial charge in [-0.25, -0.2) is 0 Å². The number of aromatic nitrogens is 2. The standard InChI is InChI=1S/C59H50N2O/c1-5-28-58(3,6-2)43-33-51-39-17-15-16-38(29-39)36-59(4)37-42-30-40(52(34-43)57(51)62-59)26-27-46(42)41-31-44(60-53-22-11-7-18-47(53)48-19-8-12-23-54(48)60)35-45(32-41)61-55-24-13-9-20-49(55)50-21-10-14-25-56(50)61/h7-27,29-35H,5-6,28,36-37H2,1-4H3. The molecule has 12 rings (SSSR count). The van der Waals surface area contributed by atoms with E-state index in [0.717, 1.165) is 49.2 Å². The highest BCUT2D eigenvalue weighted by molar-refractivity contribution is 6.10. The van der Waals surface area contributed by atoms with Crippen LogP contribution in [0, 0.1) is 0 Å².